The van der Waals surface area contributed by atoms with Crippen molar-refractivity contribution in [2.24, 2.45) is 16.7 Å². The van der Waals surface area contributed by atoms with E-state index in [0.717, 1.165) is 5.92 Å². The lowest BCUT2D eigenvalue weighted by molar-refractivity contribution is -0.0510. The van der Waals surface area contributed by atoms with Gasteiger partial charge in [-0.05, 0) is 42.9 Å². The molecule has 0 aromatic heterocycles. The Hall–Kier alpha value is 0.610. The minimum absolute atomic E-state index is 0.368. The summed E-state index contributed by atoms with van der Waals surface area (Å²) in [6.07, 6.45) is 5.22. The average molecular weight is 478 g/mol. The number of piperazine rings is 1. The number of halogens is 1. The van der Waals surface area contributed by atoms with Gasteiger partial charge in [0, 0.05) is 74.2 Å². The molecule has 0 radical (unpaired) electrons. The predicted octanol–water partition coefficient (Wildman–Crippen LogP) is 5.30. The summed E-state index contributed by atoms with van der Waals surface area (Å²) in [6, 6.07) is 0. The van der Waals surface area contributed by atoms with Crippen molar-refractivity contribution < 1.29 is 0 Å². The van der Waals surface area contributed by atoms with Crippen molar-refractivity contribution in [2.75, 3.05) is 45.8 Å². The monoisotopic (exact) mass is 477 g/mol. The molecule has 26 heavy (non-hydrogen) atoms. The predicted molar refractivity (Wildman–Crippen MR) is 123 cm³/mol. The molecule has 2 atom stereocenters. The van der Waals surface area contributed by atoms with Crippen LogP contribution in [0.2, 0.25) is 0 Å². The molecule has 2 rings (SSSR count). The second-order valence-electron chi connectivity index (χ2n) is 10.9. The lowest BCUT2D eigenvalue weighted by atomic mass is 9.66. The smallest absolute Gasteiger partial charge is 0.0209 e. The van der Waals surface area contributed by atoms with Crippen LogP contribution in [-0.2, 0) is 0 Å². The fraction of sp³-hybridized carbons (Fsp3) is 1.00. The zero-order chi connectivity index (χ0) is 19.6. The molecule has 0 bridgehead atoms. The van der Waals surface area contributed by atoms with Crippen LogP contribution in [0.5, 0.6) is 0 Å². The zero-order valence-corrected chi connectivity index (χ0v) is 20.7. The summed E-state index contributed by atoms with van der Waals surface area (Å²) in [6.45, 7) is 26.0. The molecule has 0 saturated carbocycles. The zero-order valence-electron chi connectivity index (χ0n) is 18.6. The molecule has 0 aromatic carbocycles. The molecule has 2 aliphatic heterocycles. The van der Waals surface area contributed by atoms with Gasteiger partial charge >= 0.3 is 0 Å². The van der Waals surface area contributed by atoms with E-state index in [2.05, 4.69) is 84.2 Å². The van der Waals surface area contributed by atoms with Gasteiger partial charge in [0.05, 0.1) is 0 Å². The first kappa shape index (κ1) is 22.9. The first-order valence-electron chi connectivity index (χ1n) is 10.9. The Labute approximate surface area is 177 Å². The largest absolute Gasteiger partial charge is 0.300 e. The van der Waals surface area contributed by atoms with Gasteiger partial charge < -0.3 is 4.90 Å². The number of hydrogen-bond donors (Lipinski definition) is 0. The molecule has 2 aliphatic rings. The SMILES string of the molecule is CCC(C)(CC(C)(C)C)CC(C)(CC)N1CC(CN2CCN(I)CC2)C1. The highest BCUT2D eigenvalue weighted by atomic mass is 127. The molecule has 2 heterocycles. The van der Waals surface area contributed by atoms with Crippen LogP contribution in [0.4, 0.5) is 0 Å². The fourth-order valence-corrected chi connectivity index (χ4v) is 5.80. The summed E-state index contributed by atoms with van der Waals surface area (Å²) in [5.74, 6) is 0.886. The Balaban J connectivity index is 1.87. The molecule has 4 heteroatoms. The van der Waals surface area contributed by atoms with Crippen LogP contribution >= 0.6 is 22.9 Å². The van der Waals surface area contributed by atoms with E-state index in [0.29, 0.717) is 16.4 Å². The normalized spacial score (nSPS) is 26.3. The first-order valence-corrected chi connectivity index (χ1v) is 11.8. The van der Waals surface area contributed by atoms with Crippen molar-refractivity contribution in [3.63, 3.8) is 0 Å². The first-order chi connectivity index (χ1) is 12.0. The molecule has 2 saturated heterocycles. The molecule has 2 unspecified atom stereocenters. The van der Waals surface area contributed by atoms with Gasteiger partial charge in [0.2, 0.25) is 0 Å². The van der Waals surface area contributed by atoms with Crippen LogP contribution in [0.15, 0.2) is 0 Å². The topological polar surface area (TPSA) is 9.72 Å². The van der Waals surface area contributed by atoms with Gasteiger partial charge in [-0.1, -0.05) is 48.0 Å². The molecule has 0 aromatic rings. The highest BCUT2D eigenvalue weighted by molar-refractivity contribution is 14.1. The van der Waals surface area contributed by atoms with E-state index in [1.165, 1.54) is 71.5 Å². The molecule has 2 fully saturated rings. The third-order valence-electron chi connectivity index (χ3n) is 6.93. The van der Waals surface area contributed by atoms with Crippen LogP contribution in [0.3, 0.4) is 0 Å². The van der Waals surface area contributed by atoms with E-state index in [-0.39, 0.29) is 0 Å². The van der Waals surface area contributed by atoms with Crippen molar-refractivity contribution in [3.05, 3.63) is 0 Å². The number of nitrogens with zero attached hydrogens (tertiary/aromatic N) is 3. The van der Waals surface area contributed by atoms with E-state index >= 15 is 0 Å². The summed E-state index contributed by atoms with van der Waals surface area (Å²) in [7, 11) is 0. The highest BCUT2D eigenvalue weighted by Gasteiger charge is 2.44. The van der Waals surface area contributed by atoms with Gasteiger partial charge in [-0.15, -0.1) is 0 Å². The van der Waals surface area contributed by atoms with E-state index in [9.17, 15) is 0 Å². The third kappa shape index (κ3) is 6.31. The van der Waals surface area contributed by atoms with E-state index in [1.54, 1.807) is 0 Å². The standard InChI is InChI=1S/C22H44IN3/c1-8-21(6,17-20(3,4)5)18-22(7,9-2)25-15-19(16-25)14-24-10-12-26(23)13-11-24/h19H,8-18H2,1-7H3. The second-order valence-corrected chi connectivity index (χ2v) is 12.3. The quantitative estimate of drug-likeness (QED) is 0.347. The van der Waals surface area contributed by atoms with Gasteiger partial charge in [0.1, 0.15) is 0 Å². The minimum atomic E-state index is 0.368. The molecule has 154 valence electrons. The summed E-state index contributed by atoms with van der Waals surface area (Å²) in [4.78, 5) is 5.50. The fourth-order valence-electron chi connectivity index (χ4n) is 5.37. The molecular formula is C22H44IN3. The summed E-state index contributed by atoms with van der Waals surface area (Å²) >= 11 is 2.47. The van der Waals surface area contributed by atoms with Gasteiger partial charge in [0.25, 0.3) is 0 Å². The van der Waals surface area contributed by atoms with Gasteiger partial charge in [-0.2, -0.15) is 0 Å². The Kier molecular flexibility index (Phi) is 7.89. The van der Waals surface area contributed by atoms with Gasteiger partial charge in [-0.3, -0.25) is 4.90 Å². The second kappa shape index (κ2) is 8.96. The van der Waals surface area contributed by atoms with Crippen molar-refractivity contribution in [1.82, 2.24) is 12.9 Å². The lowest BCUT2D eigenvalue weighted by Crippen LogP contribution is -2.62. The van der Waals surface area contributed by atoms with Crippen LogP contribution in [0.25, 0.3) is 0 Å². The summed E-state index contributed by atoms with van der Waals surface area (Å²) in [5, 5.41) is 0. The molecular weight excluding hydrogens is 433 g/mol. The maximum Gasteiger partial charge on any atom is 0.0209 e. The van der Waals surface area contributed by atoms with Crippen molar-refractivity contribution in [2.45, 2.75) is 79.7 Å². The average Bonchev–Trinajstić information content (AvgIpc) is 2.50. The molecule has 0 N–H and O–H groups in total. The van der Waals surface area contributed by atoms with Crippen LogP contribution in [-0.4, -0.2) is 64.3 Å². The minimum Gasteiger partial charge on any atom is -0.300 e. The van der Waals surface area contributed by atoms with Gasteiger partial charge in [-0.25, -0.2) is 3.11 Å². The van der Waals surface area contributed by atoms with Crippen LogP contribution in [0.1, 0.15) is 74.1 Å². The Morgan fingerprint density at radius 1 is 0.846 bits per heavy atom. The summed E-state index contributed by atoms with van der Waals surface area (Å²) in [5.41, 5.74) is 1.23. The third-order valence-corrected chi connectivity index (χ3v) is 7.90. The lowest BCUT2D eigenvalue weighted by Gasteiger charge is -2.55. The van der Waals surface area contributed by atoms with E-state index < -0.39 is 0 Å². The van der Waals surface area contributed by atoms with Crippen LogP contribution < -0.4 is 0 Å². The molecule has 0 amide bonds. The van der Waals surface area contributed by atoms with E-state index in [1.807, 2.05) is 0 Å². The molecule has 0 spiro atoms. The number of likely N-dealkylation sites (tertiary alicyclic amines) is 1. The maximum absolute atomic E-state index is 2.81. The molecule has 0 aliphatic carbocycles. The number of hydrogen-bond acceptors (Lipinski definition) is 3. The highest BCUT2D eigenvalue weighted by Crippen LogP contribution is 2.45. The maximum atomic E-state index is 2.81. The Bertz CT molecular complexity index is 435. The van der Waals surface area contributed by atoms with Crippen molar-refractivity contribution in [1.29, 1.82) is 0 Å². The number of rotatable bonds is 8. The van der Waals surface area contributed by atoms with E-state index in [4.69, 9.17) is 0 Å². The summed E-state index contributed by atoms with van der Waals surface area (Å²) < 4.78 is 2.43. The van der Waals surface area contributed by atoms with Crippen LogP contribution in [0, 0.1) is 16.7 Å². The van der Waals surface area contributed by atoms with Gasteiger partial charge in [0.15, 0.2) is 0 Å². The Morgan fingerprint density at radius 3 is 1.88 bits per heavy atom. The Morgan fingerprint density at radius 2 is 1.42 bits per heavy atom. The van der Waals surface area contributed by atoms with Crippen molar-refractivity contribution in [3.8, 4) is 0 Å². The molecule has 3 nitrogen and oxygen atoms in total. The van der Waals surface area contributed by atoms with Crippen molar-refractivity contribution >= 4 is 22.9 Å².